The third-order valence-corrected chi connectivity index (χ3v) is 4.58. The van der Waals surface area contributed by atoms with Gasteiger partial charge in [-0.25, -0.2) is 4.98 Å². The maximum Gasteiger partial charge on any atom is 0.254 e. The molecule has 0 saturated carbocycles. The smallest absolute Gasteiger partial charge is 0.254 e. The van der Waals surface area contributed by atoms with Gasteiger partial charge >= 0.3 is 0 Å². The topological polar surface area (TPSA) is 59.5 Å². The second kappa shape index (κ2) is 7.92. The molecule has 5 nitrogen and oxygen atoms in total. The number of methoxy groups -OCH3 is 1. The molecule has 1 atom stereocenters. The SMILES string of the molecule is COc1cc(C(=O)N2CCC[C@H](C(=O)Cc3ccccc3)C2)ccn1. The van der Waals surface area contributed by atoms with E-state index in [1.54, 1.807) is 23.2 Å². The first kappa shape index (κ1) is 17.1. The van der Waals surface area contributed by atoms with Gasteiger partial charge in [0.2, 0.25) is 5.88 Å². The molecule has 2 aromatic rings. The van der Waals surface area contributed by atoms with Crippen molar-refractivity contribution < 1.29 is 14.3 Å². The van der Waals surface area contributed by atoms with Crippen LogP contribution in [0.15, 0.2) is 48.7 Å². The molecule has 1 amide bonds. The zero-order valence-corrected chi connectivity index (χ0v) is 14.4. The number of hydrogen-bond acceptors (Lipinski definition) is 4. The van der Waals surface area contributed by atoms with E-state index in [4.69, 9.17) is 4.74 Å². The molecular weight excluding hydrogens is 316 g/mol. The van der Waals surface area contributed by atoms with E-state index in [-0.39, 0.29) is 17.6 Å². The van der Waals surface area contributed by atoms with Crippen LogP contribution in [0.1, 0.15) is 28.8 Å². The molecule has 0 N–H and O–H groups in total. The van der Waals surface area contributed by atoms with E-state index in [0.29, 0.717) is 31.0 Å². The van der Waals surface area contributed by atoms with Crippen LogP contribution in [0.4, 0.5) is 0 Å². The predicted octanol–water partition coefficient (Wildman–Crippen LogP) is 2.75. The Bertz CT molecular complexity index is 746. The number of hydrogen-bond donors (Lipinski definition) is 0. The van der Waals surface area contributed by atoms with Gasteiger partial charge in [-0.15, -0.1) is 0 Å². The minimum atomic E-state index is -0.0957. The van der Waals surface area contributed by atoms with Gasteiger partial charge in [-0.05, 0) is 24.5 Å². The van der Waals surface area contributed by atoms with Crippen molar-refractivity contribution in [2.45, 2.75) is 19.3 Å². The Morgan fingerprint density at radius 1 is 1.24 bits per heavy atom. The average molecular weight is 338 g/mol. The fourth-order valence-corrected chi connectivity index (χ4v) is 3.20. The maximum atomic E-state index is 12.7. The molecule has 0 unspecified atom stereocenters. The lowest BCUT2D eigenvalue weighted by molar-refractivity contribution is -0.123. The van der Waals surface area contributed by atoms with Crippen LogP contribution in [0.25, 0.3) is 0 Å². The molecule has 1 fully saturated rings. The summed E-state index contributed by atoms with van der Waals surface area (Å²) < 4.78 is 5.08. The molecule has 2 heterocycles. The molecule has 0 radical (unpaired) electrons. The zero-order chi connectivity index (χ0) is 17.6. The maximum absolute atomic E-state index is 12.7. The first-order valence-corrected chi connectivity index (χ1v) is 8.53. The largest absolute Gasteiger partial charge is 0.481 e. The highest BCUT2D eigenvalue weighted by Crippen LogP contribution is 2.21. The number of rotatable bonds is 5. The van der Waals surface area contributed by atoms with E-state index < -0.39 is 0 Å². The Morgan fingerprint density at radius 3 is 2.80 bits per heavy atom. The van der Waals surface area contributed by atoms with Crippen molar-refractivity contribution in [2.24, 2.45) is 5.92 Å². The van der Waals surface area contributed by atoms with Crippen molar-refractivity contribution in [3.8, 4) is 5.88 Å². The van der Waals surface area contributed by atoms with Crippen molar-refractivity contribution in [1.29, 1.82) is 0 Å². The Kier molecular flexibility index (Phi) is 5.43. The molecule has 25 heavy (non-hydrogen) atoms. The Labute approximate surface area is 147 Å². The van der Waals surface area contributed by atoms with Crippen LogP contribution < -0.4 is 4.74 Å². The summed E-state index contributed by atoms with van der Waals surface area (Å²) in [7, 11) is 1.52. The van der Waals surface area contributed by atoms with Crippen molar-refractivity contribution >= 4 is 11.7 Å². The molecule has 1 aliphatic rings. The summed E-state index contributed by atoms with van der Waals surface area (Å²) in [6.45, 7) is 1.16. The first-order valence-electron chi connectivity index (χ1n) is 8.53. The number of Topliss-reactive ketones (excluding diaryl/α,β-unsaturated/α-hetero) is 1. The molecule has 0 bridgehead atoms. The van der Waals surface area contributed by atoms with Crippen LogP contribution in [-0.4, -0.2) is 41.8 Å². The van der Waals surface area contributed by atoms with Crippen molar-refractivity contribution in [1.82, 2.24) is 9.88 Å². The number of piperidine rings is 1. The Hall–Kier alpha value is -2.69. The number of carbonyl (C=O) groups is 2. The molecule has 0 aliphatic carbocycles. The molecule has 1 saturated heterocycles. The van der Waals surface area contributed by atoms with Gasteiger partial charge in [0.05, 0.1) is 7.11 Å². The highest BCUT2D eigenvalue weighted by Gasteiger charge is 2.28. The number of pyridine rings is 1. The summed E-state index contributed by atoms with van der Waals surface area (Å²) in [5, 5.41) is 0. The zero-order valence-electron chi connectivity index (χ0n) is 14.4. The third-order valence-electron chi connectivity index (χ3n) is 4.58. The van der Waals surface area contributed by atoms with Crippen LogP contribution in [0.2, 0.25) is 0 Å². The van der Waals surface area contributed by atoms with E-state index >= 15 is 0 Å². The average Bonchev–Trinajstić information content (AvgIpc) is 2.68. The lowest BCUT2D eigenvalue weighted by atomic mass is 9.90. The van der Waals surface area contributed by atoms with Crippen molar-refractivity contribution in [3.63, 3.8) is 0 Å². The van der Waals surface area contributed by atoms with Crippen molar-refractivity contribution in [3.05, 3.63) is 59.8 Å². The van der Waals surface area contributed by atoms with Crippen LogP contribution >= 0.6 is 0 Å². The second-order valence-corrected chi connectivity index (χ2v) is 6.31. The fraction of sp³-hybridized carbons (Fsp3) is 0.350. The van der Waals surface area contributed by atoms with Crippen LogP contribution in [0, 0.1) is 5.92 Å². The highest BCUT2D eigenvalue weighted by atomic mass is 16.5. The van der Waals surface area contributed by atoms with Gasteiger partial charge in [0.15, 0.2) is 0 Å². The summed E-state index contributed by atoms with van der Waals surface area (Å²) in [4.78, 5) is 31.1. The van der Waals surface area contributed by atoms with Gasteiger partial charge in [0, 0.05) is 43.3 Å². The minimum absolute atomic E-state index is 0.0714. The first-order chi connectivity index (χ1) is 12.2. The molecule has 1 aromatic carbocycles. The Morgan fingerprint density at radius 2 is 2.04 bits per heavy atom. The normalized spacial score (nSPS) is 17.2. The van der Waals surface area contributed by atoms with Gasteiger partial charge in [0.25, 0.3) is 5.91 Å². The number of ketones is 1. The summed E-state index contributed by atoms with van der Waals surface area (Å²) in [6, 6.07) is 13.1. The van der Waals surface area contributed by atoms with E-state index in [2.05, 4.69) is 4.98 Å². The van der Waals surface area contributed by atoms with E-state index in [0.717, 1.165) is 18.4 Å². The summed E-state index contributed by atoms with van der Waals surface area (Å²) in [5.41, 5.74) is 1.57. The highest BCUT2D eigenvalue weighted by molar-refractivity contribution is 5.95. The van der Waals surface area contributed by atoms with Crippen LogP contribution in [0.5, 0.6) is 5.88 Å². The molecule has 1 aromatic heterocycles. The number of ether oxygens (including phenoxy) is 1. The molecular formula is C20H22N2O3. The number of amides is 1. The number of nitrogens with zero attached hydrogens (tertiary/aromatic N) is 2. The summed E-state index contributed by atoms with van der Waals surface area (Å²) in [5.74, 6) is 0.454. The van der Waals surface area contributed by atoms with Gasteiger partial charge in [0.1, 0.15) is 5.78 Å². The molecule has 0 spiro atoms. The van der Waals surface area contributed by atoms with Gasteiger partial charge < -0.3 is 9.64 Å². The number of carbonyl (C=O) groups excluding carboxylic acids is 2. The number of likely N-dealkylation sites (tertiary alicyclic amines) is 1. The monoisotopic (exact) mass is 338 g/mol. The fourth-order valence-electron chi connectivity index (χ4n) is 3.20. The van der Waals surface area contributed by atoms with Crippen LogP contribution in [-0.2, 0) is 11.2 Å². The lowest BCUT2D eigenvalue weighted by Gasteiger charge is -2.32. The van der Waals surface area contributed by atoms with E-state index in [1.807, 2.05) is 30.3 Å². The van der Waals surface area contributed by atoms with Gasteiger partial charge in [-0.1, -0.05) is 30.3 Å². The molecule has 5 heteroatoms. The second-order valence-electron chi connectivity index (χ2n) is 6.31. The quantitative estimate of drug-likeness (QED) is 0.841. The minimum Gasteiger partial charge on any atom is -0.481 e. The molecule has 3 rings (SSSR count). The lowest BCUT2D eigenvalue weighted by Crippen LogP contribution is -2.42. The van der Waals surface area contributed by atoms with E-state index in [9.17, 15) is 9.59 Å². The summed E-state index contributed by atoms with van der Waals surface area (Å²) in [6.07, 6.45) is 3.68. The predicted molar refractivity (Wildman–Crippen MR) is 94.6 cm³/mol. The molecule has 1 aliphatic heterocycles. The third kappa shape index (κ3) is 4.24. The standard InChI is InChI=1S/C20H22N2O3/c1-25-19-13-16(9-10-21-19)20(24)22-11-5-8-17(14-22)18(23)12-15-6-3-2-4-7-15/h2-4,6-7,9-10,13,17H,5,8,11-12,14H2,1H3/t17-/m0/s1. The van der Waals surface area contributed by atoms with E-state index in [1.165, 1.54) is 7.11 Å². The molecule has 130 valence electrons. The summed E-state index contributed by atoms with van der Waals surface area (Å²) >= 11 is 0. The van der Waals surface area contributed by atoms with Crippen LogP contribution in [0.3, 0.4) is 0 Å². The Balaban J connectivity index is 1.66. The van der Waals surface area contributed by atoms with Gasteiger partial charge in [-0.2, -0.15) is 0 Å². The number of aromatic nitrogens is 1. The van der Waals surface area contributed by atoms with Gasteiger partial charge in [-0.3, -0.25) is 9.59 Å². The van der Waals surface area contributed by atoms with Crippen molar-refractivity contribution in [2.75, 3.05) is 20.2 Å². The number of benzene rings is 1.